The fourth-order valence-corrected chi connectivity index (χ4v) is 4.24. The summed E-state index contributed by atoms with van der Waals surface area (Å²) in [6.07, 6.45) is 0. The van der Waals surface area contributed by atoms with Gasteiger partial charge >= 0.3 is 5.97 Å². The largest absolute Gasteiger partial charge is 0.493 e. The first-order valence-corrected chi connectivity index (χ1v) is 11.9. The quantitative estimate of drug-likeness (QED) is 0.311. The Bertz CT molecular complexity index is 1260. The lowest BCUT2D eigenvalue weighted by molar-refractivity contribution is -0.138. The van der Waals surface area contributed by atoms with E-state index in [1.165, 1.54) is 0 Å². The molecule has 1 aliphatic heterocycles. The Morgan fingerprint density at radius 1 is 1.03 bits per heavy atom. The molecule has 2 N–H and O–H groups in total. The summed E-state index contributed by atoms with van der Waals surface area (Å²) in [6, 6.07) is 22.0. The first-order valence-electron chi connectivity index (χ1n) is 11.1. The summed E-state index contributed by atoms with van der Waals surface area (Å²) in [7, 11) is 1.57. The standard InChI is InChI=1S/C27H25ClN2O4S/c1-3-33-26(31)23-24(17-9-5-4-6-10-17)29-27(35)30-25(23)18-13-14-21(22(15-18)32-2)34-16-19-11-7-8-12-20(19)28/h4-15,25H,3,16H2,1-2H3,(H2,29,30,35)/t25-/m1/s1. The van der Waals surface area contributed by atoms with E-state index in [2.05, 4.69) is 10.6 Å². The van der Waals surface area contributed by atoms with Crippen molar-refractivity contribution in [1.82, 2.24) is 10.6 Å². The second-order valence-electron chi connectivity index (χ2n) is 7.70. The average Bonchev–Trinajstić information content (AvgIpc) is 2.88. The van der Waals surface area contributed by atoms with Crippen LogP contribution >= 0.6 is 23.8 Å². The maximum atomic E-state index is 13.1. The van der Waals surface area contributed by atoms with Gasteiger partial charge < -0.3 is 24.8 Å². The first-order chi connectivity index (χ1) is 17.0. The molecule has 8 heteroatoms. The van der Waals surface area contributed by atoms with Gasteiger partial charge in [-0.2, -0.15) is 0 Å². The van der Waals surface area contributed by atoms with Crippen LogP contribution in [-0.2, 0) is 16.1 Å². The number of carbonyl (C=O) groups excluding carboxylic acids is 1. The van der Waals surface area contributed by atoms with E-state index >= 15 is 0 Å². The summed E-state index contributed by atoms with van der Waals surface area (Å²) in [6.45, 7) is 2.31. The Kier molecular flexibility index (Phi) is 7.90. The van der Waals surface area contributed by atoms with Crippen molar-refractivity contribution in [2.75, 3.05) is 13.7 Å². The summed E-state index contributed by atoms with van der Waals surface area (Å²) in [5.74, 6) is 0.639. The van der Waals surface area contributed by atoms with Gasteiger partial charge in [0.1, 0.15) is 6.61 Å². The predicted octanol–water partition coefficient (Wildman–Crippen LogP) is 5.42. The van der Waals surface area contributed by atoms with Gasteiger partial charge in [0.15, 0.2) is 16.6 Å². The van der Waals surface area contributed by atoms with Crippen molar-refractivity contribution in [3.63, 3.8) is 0 Å². The fourth-order valence-electron chi connectivity index (χ4n) is 3.83. The van der Waals surface area contributed by atoms with Crippen LogP contribution in [0.3, 0.4) is 0 Å². The molecule has 35 heavy (non-hydrogen) atoms. The summed E-state index contributed by atoms with van der Waals surface area (Å²) in [5.41, 5.74) is 3.50. The molecule has 0 aromatic heterocycles. The molecule has 1 aliphatic rings. The lowest BCUT2D eigenvalue weighted by Gasteiger charge is -2.31. The third-order valence-corrected chi connectivity index (χ3v) is 6.08. The number of ether oxygens (including phenoxy) is 3. The molecule has 1 atom stereocenters. The molecule has 180 valence electrons. The Morgan fingerprint density at radius 2 is 1.77 bits per heavy atom. The van der Waals surface area contributed by atoms with Crippen LogP contribution in [0.15, 0.2) is 78.4 Å². The number of methoxy groups -OCH3 is 1. The first kappa shape index (κ1) is 24.6. The van der Waals surface area contributed by atoms with Crippen LogP contribution in [-0.4, -0.2) is 24.8 Å². The highest BCUT2D eigenvalue weighted by Crippen LogP contribution is 2.37. The molecule has 0 bridgehead atoms. The lowest BCUT2D eigenvalue weighted by atomic mass is 9.92. The molecule has 1 heterocycles. The molecule has 0 aliphatic carbocycles. The van der Waals surface area contributed by atoms with Crippen molar-refractivity contribution >= 4 is 40.6 Å². The topological polar surface area (TPSA) is 68.8 Å². The number of thiocarbonyl (C=S) groups is 1. The van der Waals surface area contributed by atoms with Crippen LogP contribution in [0.4, 0.5) is 0 Å². The monoisotopic (exact) mass is 508 g/mol. The Labute approximate surface area is 214 Å². The zero-order valence-corrected chi connectivity index (χ0v) is 20.9. The number of rotatable bonds is 8. The minimum absolute atomic E-state index is 0.250. The number of hydrogen-bond acceptors (Lipinski definition) is 5. The number of halogens is 1. The van der Waals surface area contributed by atoms with E-state index in [1.54, 1.807) is 14.0 Å². The normalized spacial score (nSPS) is 15.2. The highest BCUT2D eigenvalue weighted by molar-refractivity contribution is 7.80. The molecule has 0 fully saturated rings. The number of esters is 1. The molecule has 0 spiro atoms. The SMILES string of the molecule is CCOC(=O)C1=C(c2ccccc2)NC(=S)N[C@@H]1c1ccc(OCc2ccccc2Cl)c(OC)c1. The van der Waals surface area contributed by atoms with Gasteiger partial charge in [0.2, 0.25) is 0 Å². The number of nitrogens with one attached hydrogen (secondary N) is 2. The van der Waals surface area contributed by atoms with Crippen LogP contribution in [0.25, 0.3) is 5.70 Å². The van der Waals surface area contributed by atoms with Crippen molar-refractivity contribution < 1.29 is 19.0 Å². The summed E-state index contributed by atoms with van der Waals surface area (Å²) in [5, 5.41) is 7.38. The number of benzene rings is 3. The Hall–Kier alpha value is -3.55. The second-order valence-corrected chi connectivity index (χ2v) is 8.51. The van der Waals surface area contributed by atoms with Crippen LogP contribution < -0.4 is 20.1 Å². The fraction of sp³-hybridized carbons (Fsp3) is 0.185. The Morgan fingerprint density at radius 3 is 2.49 bits per heavy atom. The zero-order chi connectivity index (χ0) is 24.8. The molecular formula is C27H25ClN2O4S. The van der Waals surface area contributed by atoms with Gasteiger partial charge in [-0.05, 0) is 48.5 Å². The van der Waals surface area contributed by atoms with Gasteiger partial charge in [-0.25, -0.2) is 4.79 Å². The molecule has 0 saturated carbocycles. The van der Waals surface area contributed by atoms with Crippen molar-refractivity contribution in [2.45, 2.75) is 19.6 Å². The van der Waals surface area contributed by atoms with Gasteiger partial charge in [-0.3, -0.25) is 0 Å². The maximum Gasteiger partial charge on any atom is 0.338 e. The van der Waals surface area contributed by atoms with E-state index in [0.29, 0.717) is 32.9 Å². The van der Waals surface area contributed by atoms with E-state index in [9.17, 15) is 4.79 Å². The van der Waals surface area contributed by atoms with E-state index < -0.39 is 12.0 Å². The van der Waals surface area contributed by atoms with Crippen molar-refractivity contribution in [1.29, 1.82) is 0 Å². The highest BCUT2D eigenvalue weighted by Gasteiger charge is 2.33. The summed E-state index contributed by atoms with van der Waals surface area (Å²) >= 11 is 11.7. The van der Waals surface area contributed by atoms with E-state index in [-0.39, 0.29) is 13.2 Å². The van der Waals surface area contributed by atoms with Crippen LogP contribution in [0.5, 0.6) is 11.5 Å². The van der Waals surface area contributed by atoms with E-state index in [4.69, 9.17) is 38.0 Å². The minimum atomic E-state index is -0.551. The average molecular weight is 509 g/mol. The Balaban J connectivity index is 1.71. The lowest BCUT2D eigenvalue weighted by Crippen LogP contribution is -2.45. The van der Waals surface area contributed by atoms with Crippen LogP contribution in [0.2, 0.25) is 5.02 Å². The second kappa shape index (κ2) is 11.3. The molecule has 0 unspecified atom stereocenters. The van der Waals surface area contributed by atoms with E-state index in [1.807, 2.05) is 72.8 Å². The van der Waals surface area contributed by atoms with Crippen molar-refractivity contribution in [3.05, 3.63) is 100 Å². The van der Waals surface area contributed by atoms with Gasteiger partial charge in [0.25, 0.3) is 0 Å². The molecule has 6 nitrogen and oxygen atoms in total. The summed E-state index contributed by atoms with van der Waals surface area (Å²) < 4.78 is 17.0. The molecular weight excluding hydrogens is 484 g/mol. The van der Waals surface area contributed by atoms with Gasteiger partial charge in [-0.15, -0.1) is 0 Å². The maximum absolute atomic E-state index is 13.1. The molecule has 3 aromatic rings. The highest BCUT2D eigenvalue weighted by atomic mass is 35.5. The van der Waals surface area contributed by atoms with Crippen molar-refractivity contribution in [2.24, 2.45) is 0 Å². The molecule has 3 aromatic carbocycles. The van der Waals surface area contributed by atoms with Crippen LogP contribution in [0, 0.1) is 0 Å². The van der Waals surface area contributed by atoms with Crippen molar-refractivity contribution in [3.8, 4) is 11.5 Å². The molecule has 0 radical (unpaired) electrons. The number of carbonyl (C=O) groups is 1. The smallest absolute Gasteiger partial charge is 0.338 e. The van der Waals surface area contributed by atoms with Gasteiger partial charge in [-0.1, -0.05) is 66.2 Å². The summed E-state index contributed by atoms with van der Waals surface area (Å²) in [4.78, 5) is 13.1. The molecule has 4 rings (SSSR count). The van der Waals surface area contributed by atoms with Gasteiger partial charge in [0.05, 0.1) is 31.0 Å². The van der Waals surface area contributed by atoms with Crippen LogP contribution in [0.1, 0.15) is 29.7 Å². The molecule has 0 saturated heterocycles. The van der Waals surface area contributed by atoms with Gasteiger partial charge in [0, 0.05) is 10.6 Å². The predicted molar refractivity (Wildman–Crippen MR) is 140 cm³/mol. The third-order valence-electron chi connectivity index (χ3n) is 5.49. The molecule has 0 amide bonds. The van der Waals surface area contributed by atoms with E-state index in [0.717, 1.165) is 16.7 Å². The number of hydrogen-bond donors (Lipinski definition) is 2. The minimum Gasteiger partial charge on any atom is -0.493 e. The third kappa shape index (κ3) is 5.58. The zero-order valence-electron chi connectivity index (χ0n) is 19.3.